The van der Waals surface area contributed by atoms with Crippen LogP contribution in [0.4, 0.5) is 0 Å². The van der Waals surface area contributed by atoms with Crippen molar-refractivity contribution >= 4 is 15.9 Å². The average molecular weight is 332 g/mol. The van der Waals surface area contributed by atoms with Crippen molar-refractivity contribution in [2.24, 2.45) is 5.73 Å². The summed E-state index contributed by atoms with van der Waals surface area (Å²) < 4.78 is 11.4. The molecule has 1 rings (SSSR count). The quantitative estimate of drug-likeness (QED) is 0.806. The van der Waals surface area contributed by atoms with Crippen LogP contribution in [-0.2, 0) is 0 Å². The van der Waals surface area contributed by atoms with E-state index in [1.807, 2.05) is 6.07 Å². The lowest BCUT2D eigenvalue weighted by molar-refractivity contribution is 0.131. The molecular weight excluding hydrogens is 310 g/mol. The van der Waals surface area contributed by atoms with Crippen molar-refractivity contribution in [3.63, 3.8) is 0 Å². The number of benzene rings is 1. The van der Waals surface area contributed by atoms with Gasteiger partial charge in [-0.05, 0) is 34.5 Å². The lowest BCUT2D eigenvalue weighted by Crippen LogP contribution is -2.26. The number of hydrogen-bond acceptors (Lipinski definition) is 4. The topological polar surface area (TPSA) is 64.7 Å². The van der Waals surface area contributed by atoms with Crippen LogP contribution in [0, 0.1) is 0 Å². The van der Waals surface area contributed by atoms with Crippen LogP contribution >= 0.6 is 15.9 Å². The van der Waals surface area contributed by atoms with E-state index in [0.29, 0.717) is 17.9 Å². The van der Waals surface area contributed by atoms with E-state index in [2.05, 4.69) is 22.9 Å². The van der Waals surface area contributed by atoms with Crippen LogP contribution in [0.3, 0.4) is 0 Å². The molecule has 5 heteroatoms. The fraction of sp³-hybridized carbons (Fsp3) is 0.571. The van der Waals surface area contributed by atoms with Crippen molar-refractivity contribution in [1.29, 1.82) is 0 Å². The Morgan fingerprint density at radius 2 is 1.89 bits per heavy atom. The van der Waals surface area contributed by atoms with Gasteiger partial charge in [0.1, 0.15) is 11.5 Å². The van der Waals surface area contributed by atoms with Crippen molar-refractivity contribution in [2.75, 3.05) is 14.2 Å². The molecule has 3 N–H and O–H groups in total. The van der Waals surface area contributed by atoms with E-state index in [-0.39, 0.29) is 0 Å². The maximum absolute atomic E-state index is 10.1. The van der Waals surface area contributed by atoms with Gasteiger partial charge in [-0.3, -0.25) is 0 Å². The Kier molecular flexibility index (Phi) is 6.62. The van der Waals surface area contributed by atoms with Crippen LogP contribution in [0.5, 0.6) is 11.5 Å². The minimum absolute atomic E-state index is 0.483. The predicted molar refractivity (Wildman–Crippen MR) is 79.7 cm³/mol. The molecule has 0 unspecified atom stereocenters. The molecule has 1 aromatic rings. The molecule has 0 aliphatic rings. The predicted octanol–water partition coefficient (Wildman–Crippen LogP) is 3.02. The first kappa shape index (κ1) is 16.3. The highest BCUT2D eigenvalue weighted by Crippen LogP contribution is 2.36. The van der Waals surface area contributed by atoms with Crippen molar-refractivity contribution in [2.45, 2.75) is 38.3 Å². The minimum Gasteiger partial charge on any atom is -0.496 e. The standard InChI is InChI=1S/C14H22BrNO3/c1-4-5-6-11(17)14(16)9-7-13(19-3)10(15)8-12(9)18-2/h7-8,11,14,17H,4-6,16H2,1-3H3/t11-,14+/m0/s1. The molecule has 19 heavy (non-hydrogen) atoms. The smallest absolute Gasteiger partial charge is 0.133 e. The second-order valence-electron chi connectivity index (χ2n) is 4.46. The summed E-state index contributed by atoms with van der Waals surface area (Å²) in [6.07, 6.45) is 2.08. The van der Waals surface area contributed by atoms with Gasteiger partial charge in [0.2, 0.25) is 0 Å². The summed E-state index contributed by atoms with van der Waals surface area (Å²) in [4.78, 5) is 0. The first-order chi connectivity index (χ1) is 9.04. The van der Waals surface area contributed by atoms with E-state index >= 15 is 0 Å². The molecule has 0 saturated carbocycles. The van der Waals surface area contributed by atoms with Crippen LogP contribution in [0.25, 0.3) is 0 Å². The van der Waals surface area contributed by atoms with E-state index in [9.17, 15) is 5.11 Å². The van der Waals surface area contributed by atoms with Gasteiger partial charge < -0.3 is 20.3 Å². The Balaban J connectivity index is 3.02. The van der Waals surface area contributed by atoms with Gasteiger partial charge in [0.25, 0.3) is 0 Å². The van der Waals surface area contributed by atoms with E-state index in [1.165, 1.54) is 0 Å². The normalized spacial score (nSPS) is 14.0. The lowest BCUT2D eigenvalue weighted by Gasteiger charge is -2.22. The van der Waals surface area contributed by atoms with Crippen molar-refractivity contribution in [1.82, 2.24) is 0 Å². The van der Waals surface area contributed by atoms with Gasteiger partial charge >= 0.3 is 0 Å². The minimum atomic E-state index is -0.584. The number of ether oxygens (including phenoxy) is 2. The lowest BCUT2D eigenvalue weighted by atomic mass is 9.97. The first-order valence-electron chi connectivity index (χ1n) is 6.40. The largest absolute Gasteiger partial charge is 0.496 e. The third-order valence-electron chi connectivity index (χ3n) is 3.13. The Morgan fingerprint density at radius 3 is 2.42 bits per heavy atom. The third kappa shape index (κ3) is 4.09. The molecule has 0 saturated heterocycles. The van der Waals surface area contributed by atoms with Crippen LogP contribution in [0.2, 0.25) is 0 Å². The summed E-state index contributed by atoms with van der Waals surface area (Å²) in [6, 6.07) is 3.13. The van der Waals surface area contributed by atoms with Crippen molar-refractivity contribution < 1.29 is 14.6 Å². The summed E-state index contributed by atoms with van der Waals surface area (Å²) in [5.41, 5.74) is 6.88. The molecule has 0 aliphatic heterocycles. The number of aliphatic hydroxyl groups is 1. The van der Waals surface area contributed by atoms with Crippen LogP contribution in [0.15, 0.2) is 16.6 Å². The third-order valence-corrected chi connectivity index (χ3v) is 3.75. The number of methoxy groups -OCH3 is 2. The second-order valence-corrected chi connectivity index (χ2v) is 5.32. The van der Waals surface area contributed by atoms with E-state index in [4.69, 9.17) is 15.2 Å². The molecule has 0 amide bonds. The van der Waals surface area contributed by atoms with E-state index in [1.54, 1.807) is 20.3 Å². The Morgan fingerprint density at radius 1 is 1.26 bits per heavy atom. The molecule has 1 aromatic carbocycles. The van der Waals surface area contributed by atoms with Gasteiger partial charge in [-0.1, -0.05) is 19.8 Å². The highest BCUT2D eigenvalue weighted by atomic mass is 79.9. The zero-order valence-corrected chi connectivity index (χ0v) is 13.2. The molecular formula is C14H22BrNO3. The number of rotatable bonds is 7. The molecule has 0 heterocycles. The Hall–Kier alpha value is -0.780. The summed E-state index contributed by atoms with van der Waals surface area (Å²) in [5.74, 6) is 1.32. The number of unbranched alkanes of at least 4 members (excludes halogenated alkanes) is 1. The van der Waals surface area contributed by atoms with Crippen molar-refractivity contribution in [3.05, 3.63) is 22.2 Å². The maximum Gasteiger partial charge on any atom is 0.133 e. The summed E-state index contributed by atoms with van der Waals surface area (Å²) in [7, 11) is 3.18. The van der Waals surface area contributed by atoms with Gasteiger partial charge in [0.15, 0.2) is 0 Å². The number of halogens is 1. The zero-order chi connectivity index (χ0) is 14.4. The molecule has 0 fully saturated rings. The molecule has 108 valence electrons. The number of hydrogen-bond donors (Lipinski definition) is 2. The molecule has 0 aliphatic carbocycles. The van der Waals surface area contributed by atoms with Gasteiger partial charge in [0, 0.05) is 5.56 Å². The van der Waals surface area contributed by atoms with E-state index < -0.39 is 12.1 Å². The molecule has 0 radical (unpaired) electrons. The SMILES string of the molecule is CCCC[C@H](O)[C@H](N)c1cc(OC)c(Br)cc1OC. The maximum atomic E-state index is 10.1. The van der Waals surface area contributed by atoms with Gasteiger partial charge in [-0.25, -0.2) is 0 Å². The van der Waals surface area contributed by atoms with Crippen LogP contribution in [-0.4, -0.2) is 25.4 Å². The van der Waals surface area contributed by atoms with Gasteiger partial charge in [-0.15, -0.1) is 0 Å². The highest BCUT2D eigenvalue weighted by Gasteiger charge is 2.21. The second kappa shape index (κ2) is 7.72. The van der Waals surface area contributed by atoms with Crippen molar-refractivity contribution in [3.8, 4) is 11.5 Å². The number of nitrogens with two attached hydrogens (primary N) is 1. The monoisotopic (exact) mass is 331 g/mol. The average Bonchev–Trinajstić information content (AvgIpc) is 2.43. The van der Waals surface area contributed by atoms with Gasteiger partial charge in [0.05, 0.1) is 30.8 Å². The fourth-order valence-electron chi connectivity index (χ4n) is 1.94. The summed E-state index contributed by atoms with van der Waals surface area (Å²) in [5, 5.41) is 10.1. The molecule has 2 atom stereocenters. The van der Waals surface area contributed by atoms with E-state index in [0.717, 1.165) is 22.9 Å². The molecule has 0 bridgehead atoms. The molecule has 4 nitrogen and oxygen atoms in total. The Labute approximate surface area is 123 Å². The summed E-state index contributed by atoms with van der Waals surface area (Å²) >= 11 is 3.40. The van der Waals surface area contributed by atoms with Crippen LogP contribution in [0.1, 0.15) is 37.8 Å². The number of aliphatic hydroxyl groups excluding tert-OH is 1. The summed E-state index contributed by atoms with van der Waals surface area (Å²) in [6.45, 7) is 2.08. The fourth-order valence-corrected chi connectivity index (χ4v) is 2.43. The highest BCUT2D eigenvalue weighted by molar-refractivity contribution is 9.10. The van der Waals surface area contributed by atoms with Gasteiger partial charge in [-0.2, -0.15) is 0 Å². The van der Waals surface area contributed by atoms with Crippen LogP contribution < -0.4 is 15.2 Å². The first-order valence-corrected chi connectivity index (χ1v) is 7.19. The molecule has 0 aromatic heterocycles. The zero-order valence-electron chi connectivity index (χ0n) is 11.6. The Bertz CT molecular complexity index is 412. The molecule has 0 spiro atoms.